The van der Waals surface area contributed by atoms with Crippen LogP contribution in [0.25, 0.3) is 0 Å². The molecule has 1 amide bonds. The van der Waals surface area contributed by atoms with Gasteiger partial charge in [-0.05, 0) is 41.0 Å². The number of carbonyl (C=O) groups is 1. The molecule has 0 bridgehead atoms. The minimum atomic E-state index is -0.208. The van der Waals surface area contributed by atoms with E-state index in [9.17, 15) is 4.79 Å². The monoisotopic (exact) mass is 466 g/mol. The van der Waals surface area contributed by atoms with Crippen molar-refractivity contribution in [2.24, 2.45) is 10.4 Å². The topological polar surface area (TPSA) is 57.2 Å². The van der Waals surface area contributed by atoms with Crippen molar-refractivity contribution < 1.29 is 9.53 Å². The molecular weight excluding hydrogens is 431 g/mol. The maximum atomic E-state index is 12.7. The van der Waals surface area contributed by atoms with E-state index in [1.807, 2.05) is 4.90 Å². The summed E-state index contributed by atoms with van der Waals surface area (Å²) in [5.74, 6) is 1.01. The van der Waals surface area contributed by atoms with E-state index in [0.29, 0.717) is 6.54 Å². The van der Waals surface area contributed by atoms with Crippen LogP contribution in [0.4, 0.5) is 0 Å². The Hall–Kier alpha value is -0.570. The molecule has 1 N–H and O–H groups in total. The zero-order valence-corrected chi connectivity index (χ0v) is 18.9. The molecular formula is C18H35IN4O2. The summed E-state index contributed by atoms with van der Waals surface area (Å²) in [6, 6.07) is 0.212. The molecule has 2 fully saturated rings. The summed E-state index contributed by atoms with van der Waals surface area (Å²) in [7, 11) is 0. The van der Waals surface area contributed by atoms with Gasteiger partial charge in [0.15, 0.2) is 5.96 Å². The smallest absolute Gasteiger partial charge is 0.242 e. The fraction of sp³-hybridized carbons (Fsp3) is 0.889. The number of halogens is 1. The van der Waals surface area contributed by atoms with Gasteiger partial charge in [0, 0.05) is 31.2 Å². The van der Waals surface area contributed by atoms with Gasteiger partial charge in [0.05, 0.1) is 25.2 Å². The molecule has 146 valence electrons. The third-order valence-corrected chi connectivity index (χ3v) is 4.89. The standard InChI is InChI=1S/C18H34N4O2.HI/c1-7-19-16(20-11-18(6)8-9-24-13-18)21-10-15(23)22(14(2)3)17(4,5)12-21;/h14H,7-13H2,1-6H3,(H,19,20);1H. The van der Waals surface area contributed by atoms with Gasteiger partial charge in [0.2, 0.25) is 5.91 Å². The van der Waals surface area contributed by atoms with Gasteiger partial charge in [0.25, 0.3) is 0 Å². The lowest BCUT2D eigenvalue weighted by Gasteiger charge is -2.49. The summed E-state index contributed by atoms with van der Waals surface area (Å²) in [5, 5.41) is 3.36. The first-order chi connectivity index (χ1) is 11.2. The average molecular weight is 466 g/mol. The van der Waals surface area contributed by atoms with E-state index in [1.165, 1.54) is 0 Å². The Bertz CT molecular complexity index is 487. The molecule has 0 aromatic rings. The lowest BCUT2D eigenvalue weighted by atomic mass is 9.90. The number of hydrogen-bond acceptors (Lipinski definition) is 3. The van der Waals surface area contributed by atoms with Crippen molar-refractivity contribution in [1.29, 1.82) is 0 Å². The number of hydrogen-bond donors (Lipinski definition) is 1. The van der Waals surface area contributed by atoms with Crippen molar-refractivity contribution in [2.75, 3.05) is 39.4 Å². The summed E-state index contributed by atoms with van der Waals surface area (Å²) in [5.41, 5.74) is -0.0972. The second kappa shape index (κ2) is 8.88. The van der Waals surface area contributed by atoms with E-state index in [2.05, 4.69) is 51.8 Å². The number of nitrogens with one attached hydrogen (secondary N) is 1. The minimum absolute atomic E-state index is 0. The average Bonchev–Trinajstić information content (AvgIpc) is 2.88. The molecule has 2 heterocycles. The van der Waals surface area contributed by atoms with E-state index in [-0.39, 0.29) is 46.9 Å². The molecule has 0 aliphatic carbocycles. The Morgan fingerprint density at radius 1 is 1.36 bits per heavy atom. The van der Waals surface area contributed by atoms with Crippen LogP contribution in [0.5, 0.6) is 0 Å². The van der Waals surface area contributed by atoms with Crippen molar-refractivity contribution in [3.63, 3.8) is 0 Å². The SMILES string of the molecule is CCNC(=NCC1(C)CCOC1)N1CC(=O)N(C(C)C)C(C)(C)C1.I. The largest absolute Gasteiger partial charge is 0.381 e. The number of piperazine rings is 1. The molecule has 25 heavy (non-hydrogen) atoms. The highest BCUT2D eigenvalue weighted by atomic mass is 127. The number of aliphatic imine (C=N–C) groups is 1. The molecule has 1 unspecified atom stereocenters. The molecule has 2 rings (SSSR count). The van der Waals surface area contributed by atoms with E-state index in [4.69, 9.17) is 9.73 Å². The summed E-state index contributed by atoms with van der Waals surface area (Å²) in [6.45, 7) is 17.0. The maximum Gasteiger partial charge on any atom is 0.242 e. The van der Waals surface area contributed by atoms with Gasteiger partial charge >= 0.3 is 0 Å². The van der Waals surface area contributed by atoms with Crippen molar-refractivity contribution in [2.45, 2.75) is 59.5 Å². The fourth-order valence-corrected chi connectivity index (χ4v) is 3.84. The highest BCUT2D eigenvalue weighted by molar-refractivity contribution is 14.0. The summed E-state index contributed by atoms with van der Waals surface area (Å²) in [6.07, 6.45) is 1.04. The first-order valence-corrected chi connectivity index (χ1v) is 9.12. The quantitative estimate of drug-likeness (QED) is 0.393. The zero-order chi connectivity index (χ0) is 18.0. The number of carbonyl (C=O) groups excluding carboxylic acids is 1. The molecule has 2 aliphatic heterocycles. The molecule has 0 aromatic carbocycles. The molecule has 6 nitrogen and oxygen atoms in total. The number of amides is 1. The van der Waals surface area contributed by atoms with Gasteiger partial charge in [-0.3, -0.25) is 9.79 Å². The molecule has 2 saturated heterocycles. The van der Waals surface area contributed by atoms with Gasteiger partial charge in [-0.15, -0.1) is 24.0 Å². The van der Waals surface area contributed by atoms with Crippen LogP contribution in [0.2, 0.25) is 0 Å². The first kappa shape index (κ1) is 22.5. The number of rotatable bonds is 4. The fourth-order valence-electron chi connectivity index (χ4n) is 3.84. The Morgan fingerprint density at radius 2 is 2.04 bits per heavy atom. The van der Waals surface area contributed by atoms with E-state index in [1.54, 1.807) is 0 Å². The van der Waals surface area contributed by atoms with Crippen molar-refractivity contribution in [3.8, 4) is 0 Å². The lowest BCUT2D eigenvalue weighted by molar-refractivity contribution is -0.145. The summed E-state index contributed by atoms with van der Waals surface area (Å²) < 4.78 is 5.52. The predicted octanol–water partition coefficient (Wildman–Crippen LogP) is 2.33. The molecule has 0 spiro atoms. The number of guanidine groups is 1. The maximum absolute atomic E-state index is 12.7. The molecule has 0 saturated carbocycles. The number of ether oxygens (including phenoxy) is 1. The summed E-state index contributed by atoms with van der Waals surface area (Å²) >= 11 is 0. The van der Waals surface area contributed by atoms with Crippen LogP contribution in [-0.2, 0) is 9.53 Å². The third kappa shape index (κ3) is 5.45. The van der Waals surface area contributed by atoms with Crippen LogP contribution in [0.3, 0.4) is 0 Å². The highest BCUT2D eigenvalue weighted by Gasteiger charge is 2.41. The minimum Gasteiger partial charge on any atom is -0.381 e. The Morgan fingerprint density at radius 3 is 2.52 bits per heavy atom. The van der Waals surface area contributed by atoms with Crippen LogP contribution in [-0.4, -0.2) is 72.6 Å². The van der Waals surface area contributed by atoms with Gasteiger partial charge in [0.1, 0.15) is 0 Å². The van der Waals surface area contributed by atoms with Gasteiger partial charge in [-0.2, -0.15) is 0 Å². The molecule has 7 heteroatoms. The Labute approximate surface area is 169 Å². The van der Waals surface area contributed by atoms with Crippen LogP contribution < -0.4 is 5.32 Å². The molecule has 0 aromatic heterocycles. The van der Waals surface area contributed by atoms with Crippen molar-refractivity contribution in [3.05, 3.63) is 0 Å². The second-order valence-corrected chi connectivity index (χ2v) is 8.31. The van der Waals surface area contributed by atoms with Crippen LogP contribution in [0.1, 0.15) is 48.0 Å². The van der Waals surface area contributed by atoms with Gasteiger partial charge in [-0.1, -0.05) is 6.92 Å². The predicted molar refractivity (Wildman–Crippen MR) is 113 cm³/mol. The second-order valence-electron chi connectivity index (χ2n) is 8.31. The van der Waals surface area contributed by atoms with Crippen molar-refractivity contribution in [1.82, 2.24) is 15.1 Å². The third-order valence-electron chi connectivity index (χ3n) is 4.89. The first-order valence-electron chi connectivity index (χ1n) is 9.12. The highest BCUT2D eigenvalue weighted by Crippen LogP contribution is 2.28. The van der Waals surface area contributed by atoms with Crippen LogP contribution in [0.15, 0.2) is 4.99 Å². The van der Waals surface area contributed by atoms with Gasteiger partial charge < -0.3 is 19.9 Å². The van der Waals surface area contributed by atoms with Gasteiger partial charge in [-0.25, -0.2) is 0 Å². The van der Waals surface area contributed by atoms with Crippen LogP contribution >= 0.6 is 24.0 Å². The Balaban J connectivity index is 0.00000312. The summed E-state index contributed by atoms with van der Waals surface area (Å²) in [4.78, 5) is 21.6. The lowest BCUT2D eigenvalue weighted by Crippen LogP contribution is -2.66. The van der Waals surface area contributed by atoms with E-state index >= 15 is 0 Å². The zero-order valence-electron chi connectivity index (χ0n) is 16.6. The molecule has 1 atom stereocenters. The van der Waals surface area contributed by atoms with E-state index in [0.717, 1.165) is 45.2 Å². The van der Waals surface area contributed by atoms with Crippen molar-refractivity contribution >= 4 is 35.8 Å². The van der Waals surface area contributed by atoms with E-state index < -0.39 is 0 Å². The normalized spacial score (nSPS) is 26.8. The van der Waals surface area contributed by atoms with Crippen LogP contribution in [0, 0.1) is 5.41 Å². The number of nitrogens with zero attached hydrogens (tertiary/aromatic N) is 3. The molecule has 0 radical (unpaired) electrons. The Kier molecular flexibility index (Phi) is 7.98. The molecule has 2 aliphatic rings.